The Labute approximate surface area is 128 Å². The molecule has 5 heteroatoms. The van der Waals surface area contributed by atoms with Crippen LogP contribution in [0, 0.1) is 5.92 Å². The van der Waals surface area contributed by atoms with Gasteiger partial charge in [-0.15, -0.1) is 0 Å². The van der Waals surface area contributed by atoms with Crippen molar-refractivity contribution >= 4 is 12.0 Å². The van der Waals surface area contributed by atoms with Crippen LogP contribution in [0.1, 0.15) is 65.2 Å². The van der Waals surface area contributed by atoms with Gasteiger partial charge in [0, 0.05) is 19.1 Å². The van der Waals surface area contributed by atoms with E-state index in [9.17, 15) is 9.59 Å². The fraction of sp³-hybridized carbons (Fsp3) is 0.875. The van der Waals surface area contributed by atoms with Crippen molar-refractivity contribution in [3.8, 4) is 0 Å². The molecule has 2 amide bonds. The van der Waals surface area contributed by atoms with Gasteiger partial charge in [-0.05, 0) is 31.6 Å². The topological polar surface area (TPSA) is 69.6 Å². The third kappa shape index (κ3) is 6.82. The Bertz CT molecular complexity index is 333. The van der Waals surface area contributed by atoms with Crippen molar-refractivity contribution in [2.75, 3.05) is 13.1 Å². The van der Waals surface area contributed by atoms with Crippen molar-refractivity contribution in [2.45, 2.75) is 71.3 Å². The molecule has 1 aliphatic rings. The van der Waals surface area contributed by atoms with Crippen molar-refractivity contribution in [3.05, 3.63) is 0 Å². The summed E-state index contributed by atoms with van der Waals surface area (Å²) in [4.78, 5) is 25.0. The number of urea groups is 1. The van der Waals surface area contributed by atoms with E-state index in [1.54, 1.807) is 0 Å². The highest BCUT2D eigenvalue weighted by Gasteiger charge is 2.22. The van der Waals surface area contributed by atoms with Crippen LogP contribution in [0.5, 0.6) is 0 Å². The van der Waals surface area contributed by atoms with Gasteiger partial charge in [0.1, 0.15) is 0 Å². The molecule has 2 atom stereocenters. The number of hydrogen-bond acceptors (Lipinski definition) is 2. The zero-order valence-electron chi connectivity index (χ0n) is 13.4. The highest BCUT2D eigenvalue weighted by Crippen LogP contribution is 2.22. The minimum atomic E-state index is -0.854. The number of carbonyl (C=O) groups excluding carboxylic acids is 1. The van der Waals surface area contributed by atoms with Crippen LogP contribution in [-0.2, 0) is 4.79 Å². The van der Waals surface area contributed by atoms with Crippen molar-refractivity contribution in [3.63, 3.8) is 0 Å². The third-order valence-corrected chi connectivity index (χ3v) is 4.22. The van der Waals surface area contributed by atoms with Gasteiger partial charge >= 0.3 is 12.0 Å². The predicted octanol–water partition coefficient (Wildman–Crippen LogP) is 3.24. The molecule has 2 unspecified atom stereocenters. The number of hydrogen-bond donors (Lipinski definition) is 2. The van der Waals surface area contributed by atoms with Gasteiger partial charge in [0.25, 0.3) is 0 Å². The fourth-order valence-corrected chi connectivity index (χ4v) is 3.12. The molecule has 5 nitrogen and oxygen atoms in total. The van der Waals surface area contributed by atoms with Crippen molar-refractivity contribution in [2.24, 2.45) is 5.92 Å². The van der Waals surface area contributed by atoms with Crippen molar-refractivity contribution in [1.82, 2.24) is 10.2 Å². The summed E-state index contributed by atoms with van der Waals surface area (Å²) in [7, 11) is 0. The summed E-state index contributed by atoms with van der Waals surface area (Å²) in [5, 5.41) is 11.8. The number of carbonyl (C=O) groups is 2. The van der Waals surface area contributed by atoms with Crippen LogP contribution in [0.15, 0.2) is 0 Å². The first kappa shape index (κ1) is 17.8. The van der Waals surface area contributed by atoms with E-state index in [4.69, 9.17) is 5.11 Å². The molecule has 1 fully saturated rings. The summed E-state index contributed by atoms with van der Waals surface area (Å²) >= 11 is 0. The Morgan fingerprint density at radius 2 is 2.00 bits per heavy atom. The quantitative estimate of drug-likeness (QED) is 0.758. The molecule has 0 spiro atoms. The van der Waals surface area contributed by atoms with E-state index in [1.807, 2.05) is 11.8 Å². The summed E-state index contributed by atoms with van der Waals surface area (Å²) in [6.45, 7) is 5.79. The zero-order chi connectivity index (χ0) is 15.7. The second-order valence-corrected chi connectivity index (χ2v) is 6.11. The summed E-state index contributed by atoms with van der Waals surface area (Å²) in [5.74, 6) is -0.120. The largest absolute Gasteiger partial charge is 0.481 e. The number of nitrogens with zero attached hydrogens (tertiary/aromatic N) is 1. The molecule has 0 aromatic rings. The van der Waals surface area contributed by atoms with Gasteiger partial charge in [-0.25, -0.2) is 4.79 Å². The SMILES string of the molecule is CCCC1CCCN(C(=O)NC(CCC)CC(=O)O)CC1. The van der Waals surface area contributed by atoms with Crippen LogP contribution in [-0.4, -0.2) is 41.1 Å². The van der Waals surface area contributed by atoms with E-state index in [-0.39, 0.29) is 18.5 Å². The molecule has 0 aromatic carbocycles. The summed E-state index contributed by atoms with van der Waals surface area (Å²) in [6.07, 6.45) is 7.35. The van der Waals surface area contributed by atoms with E-state index >= 15 is 0 Å². The van der Waals surface area contributed by atoms with Crippen LogP contribution >= 0.6 is 0 Å². The third-order valence-electron chi connectivity index (χ3n) is 4.22. The molecule has 0 bridgehead atoms. The molecule has 0 aliphatic carbocycles. The normalized spacial score (nSPS) is 20.7. The lowest BCUT2D eigenvalue weighted by Gasteiger charge is -2.24. The van der Waals surface area contributed by atoms with Crippen LogP contribution in [0.2, 0.25) is 0 Å². The molecule has 2 N–H and O–H groups in total. The second kappa shape index (κ2) is 9.64. The number of nitrogens with one attached hydrogen (secondary N) is 1. The molecule has 0 radical (unpaired) electrons. The number of likely N-dealkylation sites (tertiary alicyclic amines) is 1. The maximum absolute atomic E-state index is 12.3. The number of carboxylic acid groups (broad SMARTS) is 1. The Kier molecular flexibility index (Phi) is 8.16. The Hall–Kier alpha value is -1.26. The van der Waals surface area contributed by atoms with Gasteiger partial charge in [-0.2, -0.15) is 0 Å². The number of rotatable bonds is 7. The van der Waals surface area contributed by atoms with E-state index in [2.05, 4.69) is 12.2 Å². The van der Waals surface area contributed by atoms with Gasteiger partial charge in [0.15, 0.2) is 0 Å². The van der Waals surface area contributed by atoms with Crippen LogP contribution in [0.4, 0.5) is 4.79 Å². The minimum Gasteiger partial charge on any atom is -0.481 e. The monoisotopic (exact) mass is 298 g/mol. The highest BCUT2D eigenvalue weighted by atomic mass is 16.4. The summed E-state index contributed by atoms with van der Waals surface area (Å²) in [6, 6.07) is -0.346. The van der Waals surface area contributed by atoms with E-state index in [0.29, 0.717) is 6.42 Å². The zero-order valence-corrected chi connectivity index (χ0v) is 13.4. The molecule has 1 aliphatic heterocycles. The van der Waals surface area contributed by atoms with Gasteiger partial charge in [0.2, 0.25) is 0 Å². The second-order valence-electron chi connectivity index (χ2n) is 6.11. The van der Waals surface area contributed by atoms with E-state index in [1.165, 1.54) is 19.3 Å². The standard InChI is InChI=1S/C16H30N2O3/c1-3-6-13-8-5-10-18(11-9-13)16(21)17-14(7-4-2)12-15(19)20/h13-14H,3-12H2,1-2H3,(H,17,21)(H,19,20). The van der Waals surface area contributed by atoms with E-state index < -0.39 is 5.97 Å². The van der Waals surface area contributed by atoms with Crippen LogP contribution in [0.3, 0.4) is 0 Å². The summed E-state index contributed by atoms with van der Waals surface area (Å²) < 4.78 is 0. The minimum absolute atomic E-state index is 0.00583. The van der Waals surface area contributed by atoms with Crippen LogP contribution < -0.4 is 5.32 Å². The number of amides is 2. The molecule has 0 saturated carbocycles. The number of carboxylic acids is 1. The average Bonchev–Trinajstić information content (AvgIpc) is 2.64. The lowest BCUT2D eigenvalue weighted by atomic mass is 9.96. The lowest BCUT2D eigenvalue weighted by molar-refractivity contribution is -0.137. The maximum Gasteiger partial charge on any atom is 0.317 e. The Morgan fingerprint density at radius 1 is 1.24 bits per heavy atom. The van der Waals surface area contributed by atoms with Gasteiger partial charge in [0.05, 0.1) is 6.42 Å². The van der Waals surface area contributed by atoms with Gasteiger partial charge in [-0.1, -0.05) is 33.1 Å². The smallest absolute Gasteiger partial charge is 0.317 e. The lowest BCUT2D eigenvalue weighted by Crippen LogP contribution is -2.46. The first-order valence-electron chi connectivity index (χ1n) is 8.34. The number of aliphatic carboxylic acids is 1. The van der Waals surface area contributed by atoms with Gasteiger partial charge < -0.3 is 15.3 Å². The summed E-state index contributed by atoms with van der Waals surface area (Å²) in [5.41, 5.74) is 0. The molecular weight excluding hydrogens is 268 g/mol. The molecular formula is C16H30N2O3. The average molecular weight is 298 g/mol. The van der Waals surface area contributed by atoms with Crippen LogP contribution in [0.25, 0.3) is 0 Å². The van der Waals surface area contributed by atoms with Crippen molar-refractivity contribution in [1.29, 1.82) is 0 Å². The predicted molar refractivity (Wildman–Crippen MR) is 83.3 cm³/mol. The van der Waals surface area contributed by atoms with E-state index in [0.717, 1.165) is 38.3 Å². The van der Waals surface area contributed by atoms with Gasteiger partial charge in [-0.3, -0.25) is 4.79 Å². The Balaban J connectivity index is 2.47. The molecule has 1 heterocycles. The Morgan fingerprint density at radius 3 is 2.62 bits per heavy atom. The first-order chi connectivity index (χ1) is 10.1. The first-order valence-corrected chi connectivity index (χ1v) is 8.34. The molecule has 21 heavy (non-hydrogen) atoms. The fourth-order valence-electron chi connectivity index (χ4n) is 3.12. The molecule has 122 valence electrons. The molecule has 0 aromatic heterocycles. The maximum atomic E-state index is 12.3. The molecule has 1 rings (SSSR count). The van der Waals surface area contributed by atoms with Crippen molar-refractivity contribution < 1.29 is 14.7 Å². The highest BCUT2D eigenvalue weighted by molar-refractivity contribution is 5.76. The molecule has 1 saturated heterocycles.